The molecule has 0 amide bonds. The quantitative estimate of drug-likeness (QED) is 0.674. The largest absolute Gasteiger partial charge is 0.455 e. The van der Waals surface area contributed by atoms with Gasteiger partial charge in [-0.05, 0) is 6.92 Å². The average molecular weight is 262 g/mol. The molecule has 4 atom stereocenters. The molecule has 0 saturated carbocycles. The van der Waals surface area contributed by atoms with Crippen LogP contribution in [0.3, 0.4) is 0 Å². The first-order valence-corrected chi connectivity index (χ1v) is 5.71. The van der Waals surface area contributed by atoms with E-state index in [1.54, 1.807) is 6.92 Å². The van der Waals surface area contributed by atoms with Crippen LogP contribution in [0.4, 0.5) is 0 Å². The molecule has 7 nitrogen and oxygen atoms in total. The highest BCUT2D eigenvalue weighted by Crippen LogP contribution is 2.26. The van der Waals surface area contributed by atoms with Gasteiger partial charge in [0.25, 0.3) is 0 Å². The van der Waals surface area contributed by atoms with Crippen LogP contribution >= 0.6 is 0 Å². The fraction of sp³-hybridized carbons (Fsp3) is 0.818. The molecule has 0 aliphatic carbocycles. The Kier molecular flexibility index (Phi) is 5.52. The minimum atomic E-state index is -1.33. The van der Waals surface area contributed by atoms with Crippen LogP contribution < -0.4 is 0 Å². The van der Waals surface area contributed by atoms with E-state index >= 15 is 0 Å². The van der Waals surface area contributed by atoms with Gasteiger partial charge in [-0.3, -0.25) is 9.59 Å². The summed E-state index contributed by atoms with van der Waals surface area (Å²) in [5, 5.41) is 9.64. The van der Waals surface area contributed by atoms with Gasteiger partial charge in [0.05, 0.1) is 6.61 Å². The number of hydrogen-bond donors (Lipinski definition) is 1. The number of carbonyl (C=O) groups is 2. The second kappa shape index (κ2) is 6.67. The number of aliphatic hydroxyl groups excluding tert-OH is 1. The number of ether oxygens (including phenoxy) is 4. The molecule has 1 aliphatic rings. The third-order valence-corrected chi connectivity index (χ3v) is 2.38. The van der Waals surface area contributed by atoms with E-state index < -0.39 is 36.5 Å². The Morgan fingerprint density at radius 3 is 2.22 bits per heavy atom. The molecular weight excluding hydrogens is 244 g/mol. The maximum absolute atomic E-state index is 11.0. The molecule has 1 saturated heterocycles. The van der Waals surface area contributed by atoms with Gasteiger partial charge in [0.2, 0.25) is 0 Å². The maximum Gasteiger partial charge on any atom is 0.303 e. The summed E-state index contributed by atoms with van der Waals surface area (Å²) in [5.74, 6) is -1.13. The first-order chi connectivity index (χ1) is 8.45. The Balaban J connectivity index is 2.73. The Morgan fingerprint density at radius 1 is 1.17 bits per heavy atom. The SMILES string of the molecule is CCOC[C@H]1O[C@H](O)[C@H](OC(C)=O)[C@@H]1OC(C)=O. The highest BCUT2D eigenvalue weighted by molar-refractivity contribution is 5.67. The number of carbonyl (C=O) groups excluding carboxylic acids is 2. The maximum atomic E-state index is 11.0. The lowest BCUT2D eigenvalue weighted by atomic mass is 10.1. The van der Waals surface area contributed by atoms with Crippen LogP contribution in [0.25, 0.3) is 0 Å². The van der Waals surface area contributed by atoms with E-state index in [2.05, 4.69) is 0 Å². The van der Waals surface area contributed by atoms with Crippen molar-refractivity contribution in [3.8, 4) is 0 Å². The van der Waals surface area contributed by atoms with E-state index in [-0.39, 0.29) is 6.61 Å². The molecule has 1 fully saturated rings. The molecule has 0 radical (unpaired) electrons. The second-order valence-electron chi connectivity index (χ2n) is 3.87. The van der Waals surface area contributed by atoms with Crippen LogP contribution in [0.1, 0.15) is 20.8 Å². The Hall–Kier alpha value is -1.18. The smallest absolute Gasteiger partial charge is 0.303 e. The monoisotopic (exact) mass is 262 g/mol. The summed E-state index contributed by atoms with van der Waals surface area (Å²) in [6.45, 7) is 4.83. The molecule has 1 heterocycles. The van der Waals surface area contributed by atoms with E-state index in [0.29, 0.717) is 6.61 Å². The Bertz CT molecular complexity index is 304. The van der Waals surface area contributed by atoms with Crippen LogP contribution in [0.2, 0.25) is 0 Å². The Morgan fingerprint density at radius 2 is 1.72 bits per heavy atom. The van der Waals surface area contributed by atoms with E-state index in [9.17, 15) is 14.7 Å². The van der Waals surface area contributed by atoms with E-state index in [1.807, 2.05) is 0 Å². The summed E-state index contributed by atoms with van der Waals surface area (Å²) < 4.78 is 20.3. The van der Waals surface area contributed by atoms with Crippen LogP contribution in [0, 0.1) is 0 Å². The molecule has 0 bridgehead atoms. The number of aliphatic hydroxyl groups is 1. The van der Waals surface area contributed by atoms with E-state index in [4.69, 9.17) is 18.9 Å². The van der Waals surface area contributed by atoms with Crippen molar-refractivity contribution >= 4 is 11.9 Å². The molecule has 1 aliphatic heterocycles. The summed E-state index contributed by atoms with van der Waals surface area (Å²) >= 11 is 0. The molecule has 7 heteroatoms. The zero-order valence-electron chi connectivity index (χ0n) is 10.6. The summed E-state index contributed by atoms with van der Waals surface area (Å²) in [6, 6.07) is 0. The van der Waals surface area contributed by atoms with Crippen LogP contribution in [0.5, 0.6) is 0 Å². The molecule has 104 valence electrons. The van der Waals surface area contributed by atoms with Gasteiger partial charge in [-0.1, -0.05) is 0 Å². The minimum Gasteiger partial charge on any atom is -0.455 e. The molecule has 0 aromatic carbocycles. The van der Waals surface area contributed by atoms with Gasteiger partial charge in [-0.25, -0.2) is 0 Å². The highest BCUT2D eigenvalue weighted by atomic mass is 16.7. The first-order valence-electron chi connectivity index (χ1n) is 5.71. The number of rotatable bonds is 5. The van der Waals surface area contributed by atoms with Crippen molar-refractivity contribution in [3.63, 3.8) is 0 Å². The third kappa shape index (κ3) is 3.94. The van der Waals surface area contributed by atoms with Crippen LogP contribution in [-0.2, 0) is 28.5 Å². The lowest BCUT2D eigenvalue weighted by Gasteiger charge is -2.22. The van der Waals surface area contributed by atoms with Gasteiger partial charge in [0, 0.05) is 20.5 Å². The predicted molar refractivity (Wildman–Crippen MR) is 58.5 cm³/mol. The summed E-state index contributed by atoms with van der Waals surface area (Å²) in [7, 11) is 0. The topological polar surface area (TPSA) is 91.3 Å². The number of esters is 2. The zero-order chi connectivity index (χ0) is 13.7. The second-order valence-corrected chi connectivity index (χ2v) is 3.87. The van der Waals surface area contributed by atoms with Crippen LogP contribution in [-0.4, -0.2) is 54.9 Å². The van der Waals surface area contributed by atoms with E-state index in [1.165, 1.54) is 13.8 Å². The van der Waals surface area contributed by atoms with Crippen molar-refractivity contribution in [2.45, 2.75) is 45.4 Å². The molecule has 0 aromatic heterocycles. The van der Waals surface area contributed by atoms with E-state index in [0.717, 1.165) is 0 Å². The average Bonchev–Trinajstić information content (AvgIpc) is 2.53. The normalized spacial score (nSPS) is 31.1. The summed E-state index contributed by atoms with van der Waals surface area (Å²) in [6.07, 6.45) is -3.89. The summed E-state index contributed by atoms with van der Waals surface area (Å²) in [5.41, 5.74) is 0. The lowest BCUT2D eigenvalue weighted by molar-refractivity contribution is -0.174. The zero-order valence-corrected chi connectivity index (χ0v) is 10.6. The minimum absolute atomic E-state index is 0.142. The van der Waals surface area contributed by atoms with Gasteiger partial charge in [0.1, 0.15) is 6.10 Å². The van der Waals surface area contributed by atoms with Crippen molar-refractivity contribution < 1.29 is 33.6 Å². The fourth-order valence-corrected chi connectivity index (χ4v) is 1.73. The van der Waals surface area contributed by atoms with Crippen molar-refractivity contribution in [1.82, 2.24) is 0 Å². The first kappa shape index (κ1) is 14.9. The van der Waals surface area contributed by atoms with Crippen molar-refractivity contribution in [2.75, 3.05) is 13.2 Å². The fourth-order valence-electron chi connectivity index (χ4n) is 1.73. The van der Waals surface area contributed by atoms with Crippen molar-refractivity contribution in [1.29, 1.82) is 0 Å². The molecule has 0 spiro atoms. The molecule has 1 rings (SSSR count). The van der Waals surface area contributed by atoms with Crippen molar-refractivity contribution in [2.24, 2.45) is 0 Å². The van der Waals surface area contributed by atoms with Gasteiger partial charge in [-0.2, -0.15) is 0 Å². The van der Waals surface area contributed by atoms with Crippen molar-refractivity contribution in [3.05, 3.63) is 0 Å². The highest BCUT2D eigenvalue weighted by Gasteiger charge is 2.48. The third-order valence-electron chi connectivity index (χ3n) is 2.38. The van der Waals surface area contributed by atoms with Gasteiger partial charge < -0.3 is 24.1 Å². The molecule has 0 aromatic rings. The molecule has 0 unspecified atom stereocenters. The Labute approximate surface area is 105 Å². The van der Waals surface area contributed by atoms with Crippen LogP contribution in [0.15, 0.2) is 0 Å². The molecular formula is C11H18O7. The number of hydrogen-bond acceptors (Lipinski definition) is 7. The lowest BCUT2D eigenvalue weighted by Crippen LogP contribution is -2.41. The molecule has 18 heavy (non-hydrogen) atoms. The standard InChI is InChI=1S/C11H18O7/c1-4-15-5-8-9(16-6(2)12)10(11(14)18-8)17-7(3)13/h8-11,14H,4-5H2,1-3H3/t8-,9-,10-,11+/m1/s1. The van der Waals surface area contributed by atoms with Gasteiger partial charge in [0.15, 0.2) is 18.5 Å². The van der Waals surface area contributed by atoms with Gasteiger partial charge >= 0.3 is 11.9 Å². The van der Waals surface area contributed by atoms with Gasteiger partial charge in [-0.15, -0.1) is 0 Å². The predicted octanol–water partition coefficient (Wildman–Crippen LogP) is -0.397. The summed E-state index contributed by atoms with van der Waals surface area (Å²) in [4.78, 5) is 22.0. The molecule has 1 N–H and O–H groups in total.